The summed E-state index contributed by atoms with van der Waals surface area (Å²) in [6.45, 7) is 20.0. The molecule has 326 valence electrons. The number of ketones is 1. The first kappa shape index (κ1) is 48.8. The van der Waals surface area contributed by atoms with Crippen LogP contribution in [-0.2, 0) is 47.5 Å². The SMILES string of the molecule is CCCOC(=S)O[C@H]1[C@H](C)O[C@@H](OC2[C@@H](C)C(=O)O[C@H](CC)[C@H](C)[C@H](O)[C@@H](C)C(=O)[C@H](C)C[C@@](C)(O)[C@H](O[C@@H]3O[C@H](C)C[C@H](N(C)C)[C@H]3O)[C@H]2C)C[C@@]1(C)OC. The Morgan fingerprint density at radius 1 is 0.911 bits per heavy atom. The maximum absolute atomic E-state index is 14.2. The zero-order chi connectivity index (χ0) is 42.4. The number of aliphatic hydroxyl groups excluding tert-OH is 2. The Hall–Kier alpha value is -1.53. The smallest absolute Gasteiger partial charge is 0.352 e. The Morgan fingerprint density at radius 3 is 2.12 bits per heavy atom. The van der Waals surface area contributed by atoms with Gasteiger partial charge in [-0.3, -0.25) is 9.59 Å². The highest BCUT2D eigenvalue weighted by molar-refractivity contribution is 7.79. The van der Waals surface area contributed by atoms with E-state index in [0.717, 1.165) is 6.42 Å². The third-order valence-electron chi connectivity index (χ3n) is 12.4. The van der Waals surface area contributed by atoms with Gasteiger partial charge in [-0.15, -0.1) is 0 Å². The van der Waals surface area contributed by atoms with E-state index in [1.807, 2.05) is 53.6 Å². The molecule has 1 unspecified atom stereocenters. The number of hydrogen-bond acceptors (Lipinski definition) is 15. The van der Waals surface area contributed by atoms with Crippen molar-refractivity contribution in [1.29, 1.82) is 0 Å². The number of aliphatic hydroxyl groups is 3. The lowest BCUT2D eigenvalue weighted by molar-refractivity contribution is -0.317. The molecule has 0 amide bonds. The highest BCUT2D eigenvalue weighted by atomic mass is 32.1. The number of cyclic esters (lactones) is 1. The van der Waals surface area contributed by atoms with Gasteiger partial charge in [0.15, 0.2) is 18.7 Å². The molecule has 3 N–H and O–H groups in total. The quantitative estimate of drug-likeness (QED) is 0.209. The first-order valence-corrected chi connectivity index (χ1v) is 20.9. The molecular formula is C41H73NO13S. The molecule has 3 saturated heterocycles. The van der Waals surface area contributed by atoms with Crippen molar-refractivity contribution in [1.82, 2.24) is 4.90 Å². The number of thiocarbonyl (C=S) groups is 1. The molecule has 0 aliphatic carbocycles. The average molecular weight is 820 g/mol. The van der Waals surface area contributed by atoms with E-state index in [1.54, 1.807) is 48.7 Å². The molecule has 15 heteroatoms. The fraction of sp³-hybridized carbons (Fsp3) is 0.927. The fourth-order valence-electron chi connectivity index (χ4n) is 8.89. The fourth-order valence-corrected chi connectivity index (χ4v) is 9.08. The predicted octanol–water partition coefficient (Wildman–Crippen LogP) is 4.41. The molecule has 0 spiro atoms. The van der Waals surface area contributed by atoms with Crippen molar-refractivity contribution in [2.45, 2.75) is 187 Å². The number of hydrogen-bond donors (Lipinski definition) is 3. The molecule has 0 aromatic carbocycles. The third-order valence-corrected chi connectivity index (χ3v) is 12.6. The zero-order valence-corrected chi connectivity index (χ0v) is 37.1. The number of methoxy groups -OCH3 is 1. The van der Waals surface area contributed by atoms with Gasteiger partial charge in [-0.05, 0) is 74.4 Å². The van der Waals surface area contributed by atoms with Crippen LogP contribution in [0.1, 0.15) is 108 Å². The van der Waals surface area contributed by atoms with Crippen LogP contribution in [0.3, 0.4) is 0 Å². The summed E-state index contributed by atoms with van der Waals surface area (Å²) < 4.78 is 49.9. The van der Waals surface area contributed by atoms with Crippen molar-refractivity contribution in [2.24, 2.45) is 29.6 Å². The summed E-state index contributed by atoms with van der Waals surface area (Å²) in [5, 5.41) is 35.5. The molecule has 0 aromatic heterocycles. The lowest BCUT2D eigenvalue weighted by Gasteiger charge is -2.49. The second-order valence-corrected chi connectivity index (χ2v) is 17.7. The molecular weight excluding hydrogens is 747 g/mol. The first-order valence-electron chi connectivity index (χ1n) is 20.5. The highest BCUT2D eigenvalue weighted by Gasteiger charge is 2.53. The monoisotopic (exact) mass is 819 g/mol. The number of esters is 1. The topological polar surface area (TPSA) is 172 Å². The predicted molar refractivity (Wildman–Crippen MR) is 213 cm³/mol. The Labute approximate surface area is 340 Å². The molecule has 56 heavy (non-hydrogen) atoms. The average Bonchev–Trinajstić information content (AvgIpc) is 3.13. The molecule has 14 nitrogen and oxygen atoms in total. The lowest BCUT2D eigenvalue weighted by Crippen LogP contribution is -2.61. The van der Waals surface area contributed by atoms with Gasteiger partial charge in [0.25, 0.3) is 0 Å². The second kappa shape index (κ2) is 20.6. The van der Waals surface area contributed by atoms with Gasteiger partial charge in [-0.1, -0.05) is 41.5 Å². The van der Waals surface area contributed by atoms with Gasteiger partial charge in [0.05, 0.1) is 48.6 Å². The van der Waals surface area contributed by atoms with Gasteiger partial charge in [0.1, 0.15) is 23.6 Å². The number of carbonyl (C=O) groups is 2. The van der Waals surface area contributed by atoms with Crippen molar-refractivity contribution in [2.75, 3.05) is 27.8 Å². The minimum absolute atomic E-state index is 0.0157. The number of ether oxygens (including phenoxy) is 8. The summed E-state index contributed by atoms with van der Waals surface area (Å²) in [7, 11) is 5.30. The largest absolute Gasteiger partial charge is 0.462 e. The Bertz CT molecular complexity index is 1290. The standard InChI is InChI=1S/C41H73NO13S/c1-15-17-49-39(56)55-36-27(9)51-30(20-41(36,11)48-14)53-34-25(7)35(54-38-33(45)28(42(12)13)18-22(4)50-38)40(10,47)19-21(3)31(43)24(6)32(44)23(5)29(16-2)52-37(46)26(34)8/h21-30,32-36,38,44-45,47H,15-20H2,1-14H3/t21-,22-,23+,24+,25+,26-,27+,28+,29-,30+,32+,33-,34?,35-,36+,38+,40-,41-/m1/s1. The van der Waals surface area contributed by atoms with E-state index in [4.69, 9.17) is 50.1 Å². The van der Waals surface area contributed by atoms with Gasteiger partial charge in [-0.2, -0.15) is 0 Å². The van der Waals surface area contributed by atoms with Crippen LogP contribution in [-0.4, -0.2) is 144 Å². The molecule has 3 heterocycles. The molecule has 3 fully saturated rings. The van der Waals surface area contributed by atoms with Crippen LogP contribution in [0.4, 0.5) is 0 Å². The number of rotatable bonds is 10. The van der Waals surface area contributed by atoms with E-state index in [1.165, 1.54) is 0 Å². The van der Waals surface area contributed by atoms with E-state index in [0.29, 0.717) is 19.4 Å². The van der Waals surface area contributed by atoms with Gasteiger partial charge in [0.2, 0.25) is 0 Å². The number of Topliss-reactive ketones (excluding diaryl/α,β-unsaturated/α-hetero) is 1. The zero-order valence-electron chi connectivity index (χ0n) is 36.3. The van der Waals surface area contributed by atoms with E-state index in [-0.39, 0.29) is 36.0 Å². The van der Waals surface area contributed by atoms with Gasteiger partial charge >= 0.3 is 11.2 Å². The van der Waals surface area contributed by atoms with Crippen molar-refractivity contribution >= 4 is 29.2 Å². The first-order chi connectivity index (χ1) is 26.0. The van der Waals surface area contributed by atoms with Crippen LogP contribution in [0.5, 0.6) is 0 Å². The minimum Gasteiger partial charge on any atom is -0.462 e. The van der Waals surface area contributed by atoms with Crippen LogP contribution in [0.15, 0.2) is 0 Å². The molecule has 0 bridgehead atoms. The molecule has 3 aliphatic rings. The molecule has 3 rings (SSSR count). The Balaban J connectivity index is 2.13. The third kappa shape index (κ3) is 11.6. The van der Waals surface area contributed by atoms with E-state index in [9.17, 15) is 24.9 Å². The van der Waals surface area contributed by atoms with E-state index >= 15 is 0 Å². The van der Waals surface area contributed by atoms with E-state index < -0.39 is 102 Å². The molecule has 3 aliphatic heterocycles. The number of carbonyl (C=O) groups excluding carboxylic acids is 2. The maximum Gasteiger partial charge on any atom is 0.352 e. The summed E-state index contributed by atoms with van der Waals surface area (Å²) in [5.41, 5.74) is -2.71. The van der Waals surface area contributed by atoms with Crippen molar-refractivity contribution < 1.29 is 62.8 Å². The normalized spacial score (nSPS) is 44.8. The molecule has 0 saturated carbocycles. The Morgan fingerprint density at radius 2 is 1.55 bits per heavy atom. The molecule has 0 radical (unpaired) electrons. The van der Waals surface area contributed by atoms with Crippen LogP contribution in [0, 0.1) is 29.6 Å². The van der Waals surface area contributed by atoms with E-state index in [2.05, 4.69) is 0 Å². The maximum atomic E-state index is 14.2. The van der Waals surface area contributed by atoms with Gasteiger partial charge in [0, 0.05) is 55.5 Å². The highest BCUT2D eigenvalue weighted by Crippen LogP contribution is 2.41. The molecule has 0 aromatic rings. The Kier molecular flexibility index (Phi) is 18.0. The lowest BCUT2D eigenvalue weighted by atomic mass is 9.74. The van der Waals surface area contributed by atoms with Crippen LogP contribution in [0.2, 0.25) is 0 Å². The van der Waals surface area contributed by atoms with Crippen LogP contribution < -0.4 is 0 Å². The van der Waals surface area contributed by atoms with Gasteiger partial charge < -0.3 is 58.1 Å². The number of nitrogens with zero attached hydrogens (tertiary/aromatic N) is 1. The summed E-state index contributed by atoms with van der Waals surface area (Å²) in [6, 6.07) is -0.307. The summed E-state index contributed by atoms with van der Waals surface area (Å²) in [4.78, 5) is 30.0. The second-order valence-electron chi connectivity index (χ2n) is 17.4. The van der Waals surface area contributed by atoms with Crippen molar-refractivity contribution in [3.05, 3.63) is 0 Å². The van der Waals surface area contributed by atoms with Crippen molar-refractivity contribution in [3.63, 3.8) is 0 Å². The summed E-state index contributed by atoms with van der Waals surface area (Å²) >= 11 is 5.35. The van der Waals surface area contributed by atoms with Crippen LogP contribution in [0.25, 0.3) is 0 Å². The van der Waals surface area contributed by atoms with Crippen LogP contribution >= 0.6 is 12.2 Å². The minimum atomic E-state index is -1.74. The summed E-state index contributed by atoms with van der Waals surface area (Å²) in [6.07, 6.45) is -6.91. The van der Waals surface area contributed by atoms with Gasteiger partial charge in [-0.25, -0.2) is 0 Å². The number of likely N-dealkylation sites (N-methyl/N-ethyl adjacent to an activating group) is 1. The van der Waals surface area contributed by atoms with Crippen molar-refractivity contribution in [3.8, 4) is 0 Å². The summed E-state index contributed by atoms with van der Waals surface area (Å²) in [5.74, 6) is -4.66. The molecule has 18 atom stereocenters.